The Morgan fingerprint density at radius 2 is 2.46 bits per heavy atom. The van der Waals surface area contributed by atoms with E-state index in [2.05, 4.69) is 15.6 Å². The minimum Gasteiger partial charge on any atom is -0.336 e. The van der Waals surface area contributed by atoms with Gasteiger partial charge in [-0.3, -0.25) is 0 Å². The Morgan fingerprint density at radius 1 is 1.62 bits per heavy atom. The van der Waals surface area contributed by atoms with Gasteiger partial charge in [0.15, 0.2) is 0 Å². The molecule has 2 N–H and O–H groups in total. The standard InChI is InChI=1S/C8H8FN3O/c9-7-5(2-1-3-10-7)6-4-11-8(13)12-6/h1-3,6H,4H2,(H2,11,12,13)/t6-/m1/s1. The second kappa shape index (κ2) is 3.01. The van der Waals surface area contributed by atoms with Crippen LogP contribution >= 0.6 is 0 Å². The molecule has 1 fully saturated rings. The molecule has 2 heterocycles. The Hall–Kier alpha value is -1.65. The average Bonchev–Trinajstić information content (AvgIpc) is 2.53. The van der Waals surface area contributed by atoms with Gasteiger partial charge in [-0.2, -0.15) is 4.39 Å². The lowest BCUT2D eigenvalue weighted by molar-refractivity contribution is 0.247. The summed E-state index contributed by atoms with van der Waals surface area (Å²) < 4.78 is 13.1. The van der Waals surface area contributed by atoms with E-state index in [1.165, 1.54) is 6.20 Å². The molecule has 1 aromatic rings. The Bertz CT molecular complexity index is 342. The van der Waals surface area contributed by atoms with Gasteiger partial charge in [-0.1, -0.05) is 6.07 Å². The van der Waals surface area contributed by atoms with Crippen LogP contribution in [0, 0.1) is 5.95 Å². The maximum Gasteiger partial charge on any atom is 0.315 e. The fraction of sp³-hybridized carbons (Fsp3) is 0.250. The zero-order chi connectivity index (χ0) is 9.26. The molecule has 0 aromatic carbocycles. The second-order valence-corrected chi connectivity index (χ2v) is 2.79. The van der Waals surface area contributed by atoms with Gasteiger partial charge in [-0.05, 0) is 6.07 Å². The first-order valence-corrected chi connectivity index (χ1v) is 3.92. The van der Waals surface area contributed by atoms with Crippen LogP contribution in [0.2, 0.25) is 0 Å². The Labute approximate surface area is 74.2 Å². The number of rotatable bonds is 1. The second-order valence-electron chi connectivity index (χ2n) is 2.79. The lowest BCUT2D eigenvalue weighted by Crippen LogP contribution is -2.22. The predicted molar refractivity (Wildman–Crippen MR) is 43.5 cm³/mol. The van der Waals surface area contributed by atoms with Gasteiger partial charge in [-0.15, -0.1) is 0 Å². The number of aromatic nitrogens is 1. The van der Waals surface area contributed by atoms with E-state index in [1.54, 1.807) is 12.1 Å². The molecule has 1 aliphatic rings. The van der Waals surface area contributed by atoms with E-state index in [-0.39, 0.29) is 12.1 Å². The van der Waals surface area contributed by atoms with Crippen LogP contribution in [0.15, 0.2) is 18.3 Å². The average molecular weight is 181 g/mol. The first-order valence-electron chi connectivity index (χ1n) is 3.92. The van der Waals surface area contributed by atoms with Crippen molar-refractivity contribution in [1.29, 1.82) is 0 Å². The van der Waals surface area contributed by atoms with Crippen molar-refractivity contribution in [2.45, 2.75) is 6.04 Å². The maximum absolute atomic E-state index is 13.1. The van der Waals surface area contributed by atoms with Gasteiger partial charge in [0.1, 0.15) is 0 Å². The molecule has 5 heteroatoms. The molecule has 0 bridgehead atoms. The number of amides is 2. The summed E-state index contributed by atoms with van der Waals surface area (Å²) in [5, 5.41) is 5.13. The van der Waals surface area contributed by atoms with E-state index in [1.807, 2.05) is 0 Å². The lowest BCUT2D eigenvalue weighted by Gasteiger charge is -2.08. The molecule has 13 heavy (non-hydrogen) atoms. The van der Waals surface area contributed by atoms with E-state index in [0.29, 0.717) is 12.1 Å². The third kappa shape index (κ3) is 1.44. The molecule has 2 rings (SSSR count). The number of pyridine rings is 1. The molecule has 0 aliphatic carbocycles. The number of halogens is 1. The molecule has 1 saturated heterocycles. The van der Waals surface area contributed by atoms with Crippen LogP contribution in [-0.4, -0.2) is 17.6 Å². The Kier molecular flexibility index (Phi) is 1.84. The molecule has 1 atom stereocenters. The van der Waals surface area contributed by atoms with Crippen molar-refractivity contribution in [3.8, 4) is 0 Å². The molecule has 68 valence electrons. The topological polar surface area (TPSA) is 54.0 Å². The fourth-order valence-electron chi connectivity index (χ4n) is 1.30. The summed E-state index contributed by atoms with van der Waals surface area (Å²) in [6.45, 7) is 0.404. The molecule has 0 radical (unpaired) electrons. The zero-order valence-electron chi connectivity index (χ0n) is 6.75. The van der Waals surface area contributed by atoms with Crippen molar-refractivity contribution in [2.75, 3.05) is 6.54 Å². The molecular formula is C8H8FN3O. The van der Waals surface area contributed by atoms with Crippen molar-refractivity contribution in [2.24, 2.45) is 0 Å². The summed E-state index contributed by atoms with van der Waals surface area (Å²) >= 11 is 0. The molecule has 0 saturated carbocycles. The molecule has 0 spiro atoms. The molecule has 0 unspecified atom stereocenters. The van der Waals surface area contributed by atoms with E-state index >= 15 is 0 Å². The summed E-state index contributed by atoms with van der Waals surface area (Å²) in [5.74, 6) is -0.531. The number of carbonyl (C=O) groups excluding carboxylic acids is 1. The van der Waals surface area contributed by atoms with Crippen molar-refractivity contribution >= 4 is 6.03 Å². The monoisotopic (exact) mass is 181 g/mol. The fourth-order valence-corrected chi connectivity index (χ4v) is 1.30. The van der Waals surface area contributed by atoms with Gasteiger partial charge in [0, 0.05) is 18.3 Å². The number of nitrogens with one attached hydrogen (secondary N) is 2. The van der Waals surface area contributed by atoms with Gasteiger partial charge in [0.25, 0.3) is 0 Å². The van der Waals surface area contributed by atoms with Gasteiger partial charge < -0.3 is 10.6 Å². The number of hydrogen-bond donors (Lipinski definition) is 2. The molecule has 4 nitrogen and oxygen atoms in total. The number of nitrogens with zero attached hydrogens (tertiary/aromatic N) is 1. The third-order valence-electron chi connectivity index (χ3n) is 1.94. The van der Waals surface area contributed by atoms with E-state index in [9.17, 15) is 9.18 Å². The van der Waals surface area contributed by atoms with E-state index < -0.39 is 5.95 Å². The highest BCUT2D eigenvalue weighted by Crippen LogP contribution is 2.16. The largest absolute Gasteiger partial charge is 0.336 e. The van der Waals surface area contributed by atoms with Crippen molar-refractivity contribution in [3.05, 3.63) is 29.8 Å². The van der Waals surface area contributed by atoms with Crippen LogP contribution in [-0.2, 0) is 0 Å². The van der Waals surface area contributed by atoms with Crippen LogP contribution in [0.3, 0.4) is 0 Å². The summed E-state index contributed by atoms with van der Waals surface area (Å²) in [5.41, 5.74) is 0.417. The van der Waals surface area contributed by atoms with Crippen LogP contribution in [0.25, 0.3) is 0 Å². The SMILES string of the molecule is O=C1NC[C@H](c2cccnc2F)N1. The van der Waals surface area contributed by atoms with Crippen LogP contribution in [0.1, 0.15) is 11.6 Å². The van der Waals surface area contributed by atoms with Gasteiger partial charge >= 0.3 is 6.03 Å². The van der Waals surface area contributed by atoms with Crippen LogP contribution in [0.4, 0.5) is 9.18 Å². The maximum atomic E-state index is 13.1. The number of urea groups is 1. The highest BCUT2D eigenvalue weighted by Gasteiger charge is 2.24. The highest BCUT2D eigenvalue weighted by molar-refractivity contribution is 5.76. The Balaban J connectivity index is 2.26. The summed E-state index contributed by atoms with van der Waals surface area (Å²) in [4.78, 5) is 14.3. The normalized spacial score (nSPS) is 21.0. The van der Waals surface area contributed by atoms with E-state index in [0.717, 1.165) is 0 Å². The first kappa shape index (κ1) is 7.97. The molecule has 1 aromatic heterocycles. The molecular weight excluding hydrogens is 173 g/mol. The van der Waals surface area contributed by atoms with Crippen molar-refractivity contribution in [3.63, 3.8) is 0 Å². The minimum atomic E-state index is -0.531. The van der Waals surface area contributed by atoms with Gasteiger partial charge in [0.2, 0.25) is 5.95 Å². The van der Waals surface area contributed by atoms with Crippen LogP contribution < -0.4 is 10.6 Å². The number of hydrogen-bond acceptors (Lipinski definition) is 2. The van der Waals surface area contributed by atoms with Gasteiger partial charge in [0.05, 0.1) is 6.04 Å². The van der Waals surface area contributed by atoms with Crippen molar-refractivity contribution in [1.82, 2.24) is 15.6 Å². The smallest absolute Gasteiger partial charge is 0.315 e. The van der Waals surface area contributed by atoms with Crippen LogP contribution in [0.5, 0.6) is 0 Å². The third-order valence-corrected chi connectivity index (χ3v) is 1.94. The summed E-state index contributed by atoms with van der Waals surface area (Å²) in [7, 11) is 0. The molecule has 1 aliphatic heterocycles. The number of carbonyl (C=O) groups is 1. The Morgan fingerprint density at radius 3 is 3.08 bits per heavy atom. The predicted octanol–water partition coefficient (Wildman–Crippen LogP) is 0.575. The lowest BCUT2D eigenvalue weighted by atomic mass is 10.1. The first-order chi connectivity index (χ1) is 6.27. The summed E-state index contributed by atoms with van der Waals surface area (Å²) in [6.07, 6.45) is 1.38. The minimum absolute atomic E-state index is 0.270. The van der Waals surface area contributed by atoms with Crippen molar-refractivity contribution < 1.29 is 9.18 Å². The van der Waals surface area contributed by atoms with E-state index in [4.69, 9.17) is 0 Å². The summed E-state index contributed by atoms with van der Waals surface area (Å²) in [6, 6.07) is 2.68. The van der Waals surface area contributed by atoms with Gasteiger partial charge in [-0.25, -0.2) is 9.78 Å². The zero-order valence-corrected chi connectivity index (χ0v) is 6.75. The quantitative estimate of drug-likeness (QED) is 0.622. The highest BCUT2D eigenvalue weighted by atomic mass is 19.1. The molecule has 2 amide bonds.